The van der Waals surface area contributed by atoms with E-state index in [-0.39, 0.29) is 11.7 Å². The third kappa shape index (κ3) is 4.16. The number of fused-ring (bicyclic) bond motifs is 1. The fourth-order valence-electron chi connectivity index (χ4n) is 2.60. The van der Waals surface area contributed by atoms with E-state index in [9.17, 15) is 4.79 Å². The highest BCUT2D eigenvalue weighted by Crippen LogP contribution is 2.21. The van der Waals surface area contributed by atoms with Crippen LogP contribution in [0.5, 0.6) is 0 Å². The molecule has 2 heterocycles. The molecule has 28 heavy (non-hydrogen) atoms. The van der Waals surface area contributed by atoms with Crippen LogP contribution in [0.2, 0.25) is 5.02 Å². The number of aryl methyl sites for hydroxylation is 1. The maximum atomic E-state index is 12.2. The minimum absolute atomic E-state index is 0.140. The van der Waals surface area contributed by atoms with Crippen LogP contribution in [0.15, 0.2) is 65.8 Å². The Balaban J connectivity index is 1.49. The van der Waals surface area contributed by atoms with Crippen molar-refractivity contribution < 1.29 is 4.79 Å². The zero-order chi connectivity index (χ0) is 19.5. The highest BCUT2D eigenvalue weighted by molar-refractivity contribution is 7.99. The van der Waals surface area contributed by atoms with E-state index < -0.39 is 0 Å². The van der Waals surface area contributed by atoms with Crippen molar-refractivity contribution in [2.75, 3.05) is 11.1 Å². The number of nitrogens with zero attached hydrogens (tertiary/aromatic N) is 4. The van der Waals surface area contributed by atoms with Crippen molar-refractivity contribution in [2.45, 2.75) is 12.1 Å². The minimum atomic E-state index is -0.140. The van der Waals surface area contributed by atoms with Gasteiger partial charge in [0.2, 0.25) is 11.1 Å². The molecule has 0 aliphatic rings. The molecule has 0 fully saturated rings. The number of benzene rings is 2. The Morgan fingerprint density at radius 2 is 1.79 bits per heavy atom. The summed E-state index contributed by atoms with van der Waals surface area (Å²) in [7, 11) is 0. The summed E-state index contributed by atoms with van der Waals surface area (Å²) in [6.45, 7) is 2.05. The number of rotatable bonds is 5. The lowest BCUT2D eigenvalue weighted by atomic mass is 10.1. The fraction of sp³-hybridized carbons (Fsp3) is 0.100. The van der Waals surface area contributed by atoms with Crippen molar-refractivity contribution in [2.24, 2.45) is 0 Å². The van der Waals surface area contributed by atoms with Crippen LogP contribution in [0, 0.1) is 6.92 Å². The van der Waals surface area contributed by atoms with Gasteiger partial charge in [-0.3, -0.25) is 4.79 Å². The van der Waals surface area contributed by atoms with Gasteiger partial charge in [0.1, 0.15) is 0 Å². The van der Waals surface area contributed by atoms with Gasteiger partial charge in [0.25, 0.3) is 0 Å². The second kappa shape index (κ2) is 8.00. The van der Waals surface area contributed by atoms with Crippen LogP contribution in [0.25, 0.3) is 16.9 Å². The zero-order valence-electron chi connectivity index (χ0n) is 15.0. The lowest BCUT2D eigenvalue weighted by Gasteiger charge is -2.05. The number of aromatic nitrogens is 4. The maximum absolute atomic E-state index is 12.2. The molecule has 0 spiro atoms. The SMILES string of the molecule is Cc1ccc(-c2ccc3nnc(SCC(=O)Nc4ccc(Cl)cc4)n3n2)cc1. The first kappa shape index (κ1) is 18.5. The van der Waals surface area contributed by atoms with Gasteiger partial charge in [-0.25, -0.2) is 0 Å². The summed E-state index contributed by atoms with van der Waals surface area (Å²) in [6.07, 6.45) is 0. The predicted molar refractivity (Wildman–Crippen MR) is 112 cm³/mol. The molecule has 4 aromatic rings. The molecule has 0 atom stereocenters. The van der Waals surface area contributed by atoms with E-state index in [1.807, 2.05) is 43.3 Å². The second-order valence-electron chi connectivity index (χ2n) is 6.18. The monoisotopic (exact) mass is 409 g/mol. The molecule has 0 aliphatic carbocycles. The molecule has 0 saturated carbocycles. The van der Waals surface area contributed by atoms with Crippen molar-refractivity contribution in [3.63, 3.8) is 0 Å². The quantitative estimate of drug-likeness (QED) is 0.492. The van der Waals surface area contributed by atoms with Gasteiger partial charge in [0.15, 0.2) is 5.65 Å². The molecule has 0 unspecified atom stereocenters. The molecule has 0 saturated heterocycles. The first-order valence-electron chi connectivity index (χ1n) is 8.56. The third-order valence-corrected chi connectivity index (χ3v) is 5.21. The Morgan fingerprint density at radius 1 is 1.04 bits per heavy atom. The fourth-order valence-corrected chi connectivity index (χ4v) is 3.41. The summed E-state index contributed by atoms with van der Waals surface area (Å²) in [6, 6.07) is 18.9. The molecular formula is C20H16ClN5OS. The molecule has 4 rings (SSSR count). The average molecular weight is 410 g/mol. The molecule has 2 aromatic carbocycles. The number of anilines is 1. The highest BCUT2D eigenvalue weighted by Gasteiger charge is 2.12. The summed E-state index contributed by atoms with van der Waals surface area (Å²) in [5, 5.41) is 16.9. The second-order valence-corrected chi connectivity index (χ2v) is 7.56. The van der Waals surface area contributed by atoms with Gasteiger partial charge in [0, 0.05) is 16.3 Å². The van der Waals surface area contributed by atoms with Crippen LogP contribution in [-0.2, 0) is 4.79 Å². The van der Waals surface area contributed by atoms with E-state index in [1.165, 1.54) is 17.3 Å². The van der Waals surface area contributed by atoms with E-state index in [0.717, 1.165) is 11.3 Å². The van der Waals surface area contributed by atoms with Gasteiger partial charge in [0.05, 0.1) is 11.4 Å². The van der Waals surface area contributed by atoms with Gasteiger partial charge in [-0.05, 0) is 43.3 Å². The van der Waals surface area contributed by atoms with Gasteiger partial charge in [-0.1, -0.05) is 53.2 Å². The molecule has 1 amide bonds. The summed E-state index contributed by atoms with van der Waals surface area (Å²) in [4.78, 5) is 12.2. The molecule has 0 bridgehead atoms. The average Bonchev–Trinajstić information content (AvgIpc) is 3.11. The number of halogens is 1. The number of hydrogen-bond acceptors (Lipinski definition) is 5. The standard InChI is InChI=1S/C20H16ClN5OS/c1-13-2-4-14(5-3-13)17-10-11-18-23-24-20(26(18)25-17)28-12-19(27)22-16-8-6-15(21)7-9-16/h2-11H,12H2,1H3,(H,22,27). The molecule has 1 N–H and O–H groups in total. The number of nitrogens with one attached hydrogen (secondary N) is 1. The molecule has 0 radical (unpaired) electrons. The van der Waals surface area contributed by atoms with Crippen molar-refractivity contribution in [1.82, 2.24) is 19.8 Å². The molecule has 8 heteroatoms. The largest absolute Gasteiger partial charge is 0.325 e. The Labute approximate surface area is 170 Å². The summed E-state index contributed by atoms with van der Waals surface area (Å²) >= 11 is 7.14. The summed E-state index contributed by atoms with van der Waals surface area (Å²) in [5.41, 5.74) is 4.35. The maximum Gasteiger partial charge on any atom is 0.234 e. The molecular weight excluding hydrogens is 394 g/mol. The Hall–Kier alpha value is -2.90. The van der Waals surface area contributed by atoms with E-state index in [0.29, 0.717) is 21.5 Å². The summed E-state index contributed by atoms with van der Waals surface area (Å²) < 4.78 is 1.66. The topological polar surface area (TPSA) is 72.2 Å². The minimum Gasteiger partial charge on any atom is -0.325 e. The van der Waals surface area contributed by atoms with Gasteiger partial charge >= 0.3 is 0 Å². The molecule has 0 aliphatic heterocycles. The first-order chi connectivity index (χ1) is 13.6. The van der Waals surface area contributed by atoms with Crippen LogP contribution in [-0.4, -0.2) is 31.5 Å². The number of hydrogen-bond donors (Lipinski definition) is 1. The highest BCUT2D eigenvalue weighted by atomic mass is 35.5. The number of carbonyl (C=O) groups is 1. The smallest absolute Gasteiger partial charge is 0.234 e. The zero-order valence-corrected chi connectivity index (χ0v) is 16.5. The summed E-state index contributed by atoms with van der Waals surface area (Å²) in [5.74, 6) is 0.0543. The predicted octanol–water partition coefficient (Wildman–Crippen LogP) is 4.48. The number of thioether (sulfide) groups is 1. The van der Waals surface area contributed by atoms with Crippen molar-refractivity contribution >= 4 is 40.6 Å². The van der Waals surface area contributed by atoms with E-state index in [4.69, 9.17) is 11.6 Å². The molecule has 2 aromatic heterocycles. The van der Waals surface area contributed by atoms with E-state index >= 15 is 0 Å². The van der Waals surface area contributed by atoms with Crippen molar-refractivity contribution in [1.29, 1.82) is 0 Å². The van der Waals surface area contributed by atoms with Crippen molar-refractivity contribution in [3.05, 3.63) is 71.2 Å². The van der Waals surface area contributed by atoms with Crippen LogP contribution in [0.4, 0.5) is 5.69 Å². The lowest BCUT2D eigenvalue weighted by molar-refractivity contribution is -0.113. The number of carbonyl (C=O) groups excluding carboxylic acids is 1. The van der Waals surface area contributed by atoms with Gasteiger partial charge in [-0.15, -0.1) is 10.2 Å². The Morgan fingerprint density at radius 3 is 2.54 bits per heavy atom. The van der Waals surface area contributed by atoms with Gasteiger partial charge < -0.3 is 5.32 Å². The van der Waals surface area contributed by atoms with Crippen LogP contribution < -0.4 is 5.32 Å². The van der Waals surface area contributed by atoms with Gasteiger partial charge in [-0.2, -0.15) is 9.61 Å². The Kier molecular flexibility index (Phi) is 5.27. The lowest BCUT2D eigenvalue weighted by Crippen LogP contribution is -2.14. The van der Waals surface area contributed by atoms with E-state index in [2.05, 4.69) is 20.6 Å². The molecule has 140 valence electrons. The van der Waals surface area contributed by atoms with E-state index in [1.54, 1.807) is 28.8 Å². The Bertz CT molecular complexity index is 1130. The molecule has 6 nitrogen and oxygen atoms in total. The first-order valence-corrected chi connectivity index (χ1v) is 9.92. The van der Waals surface area contributed by atoms with Crippen LogP contribution in [0.1, 0.15) is 5.56 Å². The third-order valence-electron chi connectivity index (χ3n) is 4.04. The van der Waals surface area contributed by atoms with Crippen LogP contribution in [0.3, 0.4) is 0 Å². The van der Waals surface area contributed by atoms with Crippen molar-refractivity contribution in [3.8, 4) is 11.3 Å². The number of amides is 1. The van der Waals surface area contributed by atoms with Crippen LogP contribution >= 0.6 is 23.4 Å². The normalized spacial score (nSPS) is 10.9.